The number of aryl methyl sites for hydroxylation is 2. The van der Waals surface area contributed by atoms with Gasteiger partial charge in [0.25, 0.3) is 0 Å². The summed E-state index contributed by atoms with van der Waals surface area (Å²) in [4.78, 5) is 17.9. The fourth-order valence-corrected chi connectivity index (χ4v) is 3.10. The van der Waals surface area contributed by atoms with Crippen molar-refractivity contribution in [1.29, 1.82) is 0 Å². The number of anilines is 3. The Morgan fingerprint density at radius 3 is 2.44 bits per heavy atom. The number of rotatable bonds is 5. The van der Waals surface area contributed by atoms with Gasteiger partial charge in [0.1, 0.15) is 5.82 Å². The topological polar surface area (TPSA) is 83.2 Å². The minimum absolute atomic E-state index is 0.254. The van der Waals surface area contributed by atoms with Crippen LogP contribution >= 0.6 is 0 Å². The molecule has 7 nitrogen and oxygen atoms in total. The SMILES string of the molecule is CCN1CCN(Cc2nc(N)nc(Nc3ccc(C)cc3C)n2)CC1. The van der Waals surface area contributed by atoms with Gasteiger partial charge in [-0.05, 0) is 32.0 Å². The Kier molecular flexibility index (Phi) is 5.45. The summed E-state index contributed by atoms with van der Waals surface area (Å²) in [7, 11) is 0. The molecule has 2 aromatic rings. The van der Waals surface area contributed by atoms with Gasteiger partial charge in [-0.3, -0.25) is 4.90 Å². The molecule has 1 aromatic carbocycles. The highest BCUT2D eigenvalue weighted by Gasteiger charge is 2.17. The molecule has 0 unspecified atom stereocenters. The van der Waals surface area contributed by atoms with Crippen LogP contribution in [0, 0.1) is 13.8 Å². The second-order valence-corrected chi connectivity index (χ2v) is 6.59. The van der Waals surface area contributed by atoms with Gasteiger partial charge in [-0.2, -0.15) is 15.0 Å². The summed E-state index contributed by atoms with van der Waals surface area (Å²) in [5.74, 6) is 1.47. The van der Waals surface area contributed by atoms with E-state index in [-0.39, 0.29) is 5.95 Å². The lowest BCUT2D eigenvalue weighted by atomic mass is 10.1. The third kappa shape index (κ3) is 4.64. The third-order valence-electron chi connectivity index (χ3n) is 4.60. The van der Waals surface area contributed by atoms with E-state index in [1.54, 1.807) is 0 Å². The van der Waals surface area contributed by atoms with Crippen LogP contribution in [0.25, 0.3) is 0 Å². The van der Waals surface area contributed by atoms with Crippen LogP contribution in [0.3, 0.4) is 0 Å². The maximum Gasteiger partial charge on any atom is 0.232 e. The van der Waals surface area contributed by atoms with Crippen molar-refractivity contribution in [2.75, 3.05) is 43.8 Å². The van der Waals surface area contributed by atoms with Gasteiger partial charge in [-0.25, -0.2) is 0 Å². The zero-order valence-corrected chi connectivity index (χ0v) is 15.3. The molecule has 1 saturated heterocycles. The Balaban J connectivity index is 1.70. The number of likely N-dealkylation sites (N-methyl/N-ethyl adjacent to an activating group) is 1. The van der Waals surface area contributed by atoms with Crippen molar-refractivity contribution in [2.24, 2.45) is 0 Å². The van der Waals surface area contributed by atoms with E-state index in [4.69, 9.17) is 5.73 Å². The number of nitrogens with two attached hydrogens (primary N) is 1. The van der Waals surface area contributed by atoms with Crippen molar-refractivity contribution in [3.05, 3.63) is 35.2 Å². The summed E-state index contributed by atoms with van der Waals surface area (Å²) in [6.07, 6.45) is 0. The number of piperazine rings is 1. The Morgan fingerprint density at radius 1 is 1.04 bits per heavy atom. The highest BCUT2D eigenvalue weighted by molar-refractivity contribution is 5.59. The Hall–Kier alpha value is -2.25. The lowest BCUT2D eigenvalue weighted by Gasteiger charge is -2.33. The lowest BCUT2D eigenvalue weighted by molar-refractivity contribution is 0.129. The van der Waals surface area contributed by atoms with E-state index in [0.717, 1.165) is 44.0 Å². The second-order valence-electron chi connectivity index (χ2n) is 6.59. The number of benzene rings is 1. The highest BCUT2D eigenvalue weighted by Crippen LogP contribution is 2.20. The molecule has 0 amide bonds. The summed E-state index contributed by atoms with van der Waals surface area (Å²) in [6.45, 7) is 12.4. The van der Waals surface area contributed by atoms with E-state index >= 15 is 0 Å². The molecule has 0 atom stereocenters. The number of hydrogen-bond donors (Lipinski definition) is 2. The first-order valence-electron chi connectivity index (χ1n) is 8.83. The van der Waals surface area contributed by atoms with Crippen LogP contribution in [0.2, 0.25) is 0 Å². The van der Waals surface area contributed by atoms with Gasteiger partial charge in [0, 0.05) is 31.9 Å². The second kappa shape index (κ2) is 7.76. The van der Waals surface area contributed by atoms with Gasteiger partial charge >= 0.3 is 0 Å². The zero-order chi connectivity index (χ0) is 17.8. The van der Waals surface area contributed by atoms with Gasteiger partial charge in [0.2, 0.25) is 11.9 Å². The van der Waals surface area contributed by atoms with Crippen molar-refractivity contribution in [3.63, 3.8) is 0 Å². The van der Waals surface area contributed by atoms with Gasteiger partial charge in [0.15, 0.2) is 0 Å². The smallest absolute Gasteiger partial charge is 0.232 e. The monoisotopic (exact) mass is 341 g/mol. The minimum atomic E-state index is 0.254. The first kappa shape index (κ1) is 17.6. The molecule has 3 rings (SSSR count). The molecule has 0 aliphatic carbocycles. The normalized spacial score (nSPS) is 16.1. The molecule has 0 bridgehead atoms. The van der Waals surface area contributed by atoms with Crippen molar-refractivity contribution in [3.8, 4) is 0 Å². The lowest BCUT2D eigenvalue weighted by Crippen LogP contribution is -2.45. The van der Waals surface area contributed by atoms with Gasteiger partial charge in [-0.1, -0.05) is 24.6 Å². The quantitative estimate of drug-likeness (QED) is 0.860. The average molecular weight is 341 g/mol. The molecule has 0 spiro atoms. The molecule has 2 heterocycles. The van der Waals surface area contributed by atoms with Crippen LogP contribution in [-0.4, -0.2) is 57.5 Å². The summed E-state index contributed by atoms with van der Waals surface area (Å²) in [5.41, 5.74) is 9.26. The van der Waals surface area contributed by atoms with Gasteiger partial charge in [0.05, 0.1) is 6.54 Å². The number of hydrogen-bond acceptors (Lipinski definition) is 7. The van der Waals surface area contributed by atoms with Crippen LogP contribution in [0.1, 0.15) is 23.9 Å². The summed E-state index contributed by atoms with van der Waals surface area (Å²) >= 11 is 0. The van der Waals surface area contributed by atoms with E-state index in [1.807, 2.05) is 6.07 Å². The van der Waals surface area contributed by atoms with E-state index in [1.165, 1.54) is 5.56 Å². The van der Waals surface area contributed by atoms with E-state index < -0.39 is 0 Å². The van der Waals surface area contributed by atoms with Gasteiger partial charge < -0.3 is 16.0 Å². The molecule has 1 aliphatic rings. The number of aromatic nitrogens is 3. The predicted molar refractivity (Wildman–Crippen MR) is 101 cm³/mol. The maximum absolute atomic E-state index is 5.89. The molecule has 1 fully saturated rings. The molecule has 134 valence electrons. The molecule has 1 aromatic heterocycles. The predicted octanol–water partition coefficient (Wildman–Crippen LogP) is 1.95. The van der Waals surface area contributed by atoms with Crippen LogP contribution in [0.4, 0.5) is 17.6 Å². The number of nitrogens with one attached hydrogen (secondary N) is 1. The van der Waals surface area contributed by atoms with Crippen LogP contribution in [0.5, 0.6) is 0 Å². The molecule has 25 heavy (non-hydrogen) atoms. The van der Waals surface area contributed by atoms with E-state index in [0.29, 0.717) is 18.3 Å². The number of nitrogens with zero attached hydrogens (tertiary/aromatic N) is 5. The molecule has 3 N–H and O–H groups in total. The average Bonchev–Trinajstić information content (AvgIpc) is 2.58. The van der Waals surface area contributed by atoms with E-state index in [9.17, 15) is 0 Å². The van der Waals surface area contributed by atoms with Crippen LogP contribution in [0.15, 0.2) is 18.2 Å². The zero-order valence-electron chi connectivity index (χ0n) is 15.3. The summed E-state index contributed by atoms with van der Waals surface area (Å²) in [5, 5.41) is 3.27. The summed E-state index contributed by atoms with van der Waals surface area (Å²) in [6, 6.07) is 6.23. The molecule has 0 saturated carbocycles. The number of nitrogen functional groups attached to an aromatic ring is 1. The maximum atomic E-state index is 5.89. The molecule has 1 aliphatic heterocycles. The van der Waals surface area contributed by atoms with Crippen LogP contribution < -0.4 is 11.1 Å². The summed E-state index contributed by atoms with van der Waals surface area (Å²) < 4.78 is 0. The van der Waals surface area contributed by atoms with Crippen molar-refractivity contribution < 1.29 is 0 Å². The Morgan fingerprint density at radius 2 is 1.76 bits per heavy atom. The molecular formula is C18H27N7. The fourth-order valence-electron chi connectivity index (χ4n) is 3.10. The first-order chi connectivity index (χ1) is 12.0. The molecule has 7 heteroatoms. The van der Waals surface area contributed by atoms with Crippen molar-refractivity contribution in [1.82, 2.24) is 24.8 Å². The third-order valence-corrected chi connectivity index (χ3v) is 4.60. The molecule has 0 radical (unpaired) electrons. The van der Waals surface area contributed by atoms with Gasteiger partial charge in [-0.15, -0.1) is 0 Å². The standard InChI is InChI=1S/C18H27N7/c1-4-24-7-9-25(10-8-24)12-16-21-17(19)23-18(22-16)20-15-6-5-13(2)11-14(15)3/h5-6,11H,4,7-10,12H2,1-3H3,(H3,19,20,21,22,23). The minimum Gasteiger partial charge on any atom is -0.368 e. The van der Waals surface area contributed by atoms with Crippen molar-refractivity contribution >= 4 is 17.6 Å². The largest absolute Gasteiger partial charge is 0.368 e. The fraction of sp³-hybridized carbons (Fsp3) is 0.500. The Bertz CT molecular complexity index is 723. The van der Waals surface area contributed by atoms with Crippen LogP contribution in [-0.2, 0) is 6.54 Å². The molecular weight excluding hydrogens is 314 g/mol. The Labute approximate surface area is 149 Å². The first-order valence-corrected chi connectivity index (χ1v) is 8.83. The highest BCUT2D eigenvalue weighted by atomic mass is 15.3. The van der Waals surface area contributed by atoms with E-state index in [2.05, 4.69) is 63.0 Å². The van der Waals surface area contributed by atoms with Crippen molar-refractivity contribution in [2.45, 2.75) is 27.3 Å².